The van der Waals surface area contributed by atoms with Crippen molar-refractivity contribution in [2.24, 2.45) is 4.99 Å². The molecule has 2 aliphatic rings. The van der Waals surface area contributed by atoms with E-state index in [1.807, 2.05) is 42.5 Å². The van der Waals surface area contributed by atoms with Crippen molar-refractivity contribution in [2.75, 3.05) is 13.1 Å². The predicted octanol–water partition coefficient (Wildman–Crippen LogP) is 3.83. The molecule has 104 valence electrons. The van der Waals surface area contributed by atoms with Crippen molar-refractivity contribution in [2.45, 2.75) is 6.42 Å². The topological polar surface area (TPSA) is 33.6 Å². The Morgan fingerprint density at radius 2 is 1.76 bits per heavy atom. The zero-order valence-electron chi connectivity index (χ0n) is 11.7. The van der Waals surface area contributed by atoms with Gasteiger partial charge in [-0.15, -0.1) is 0 Å². The second-order valence-electron chi connectivity index (χ2n) is 5.21. The first-order valence-electron chi connectivity index (χ1n) is 7.27. The molecule has 0 atom stereocenters. The van der Waals surface area contributed by atoms with Gasteiger partial charge in [0.1, 0.15) is 11.4 Å². The summed E-state index contributed by atoms with van der Waals surface area (Å²) in [6, 6.07) is 16.1. The van der Waals surface area contributed by atoms with Crippen LogP contribution in [0, 0.1) is 0 Å². The highest BCUT2D eigenvalue weighted by Gasteiger charge is 2.20. The maximum absolute atomic E-state index is 6.07. The summed E-state index contributed by atoms with van der Waals surface area (Å²) in [7, 11) is 0. The lowest BCUT2D eigenvalue weighted by atomic mass is 9.97. The van der Waals surface area contributed by atoms with Crippen LogP contribution in [0.5, 0.6) is 11.5 Å². The van der Waals surface area contributed by atoms with E-state index in [-0.39, 0.29) is 0 Å². The Morgan fingerprint density at radius 3 is 2.62 bits per heavy atom. The fourth-order valence-corrected chi connectivity index (χ4v) is 2.77. The van der Waals surface area contributed by atoms with E-state index in [0.29, 0.717) is 0 Å². The third-order valence-electron chi connectivity index (χ3n) is 3.83. The van der Waals surface area contributed by atoms with E-state index in [0.717, 1.165) is 48.0 Å². The molecule has 21 heavy (non-hydrogen) atoms. The van der Waals surface area contributed by atoms with Gasteiger partial charge >= 0.3 is 0 Å². The van der Waals surface area contributed by atoms with E-state index in [9.17, 15) is 0 Å². The number of hydrogen-bond donors (Lipinski definition) is 1. The SMILES string of the molecule is C1=C(C2=Nc3ccccc3Oc3ccccc32)CCNC1. The molecule has 0 aromatic heterocycles. The Balaban J connectivity index is 1.93. The molecule has 0 unspecified atom stereocenters. The summed E-state index contributed by atoms with van der Waals surface area (Å²) >= 11 is 0. The van der Waals surface area contributed by atoms with Crippen LogP contribution in [0.25, 0.3) is 0 Å². The van der Waals surface area contributed by atoms with Crippen molar-refractivity contribution >= 4 is 11.4 Å². The average molecular weight is 276 g/mol. The molecule has 0 bridgehead atoms. The first-order valence-corrected chi connectivity index (χ1v) is 7.27. The van der Waals surface area contributed by atoms with Gasteiger partial charge in [-0.3, -0.25) is 0 Å². The van der Waals surface area contributed by atoms with Crippen LogP contribution >= 0.6 is 0 Å². The van der Waals surface area contributed by atoms with Crippen molar-refractivity contribution in [3.05, 3.63) is 65.7 Å². The number of hydrogen-bond acceptors (Lipinski definition) is 3. The van der Waals surface area contributed by atoms with Gasteiger partial charge in [0.2, 0.25) is 0 Å². The van der Waals surface area contributed by atoms with Gasteiger partial charge < -0.3 is 10.1 Å². The van der Waals surface area contributed by atoms with Crippen molar-refractivity contribution < 1.29 is 4.74 Å². The molecular weight excluding hydrogens is 260 g/mol. The normalized spacial score (nSPS) is 16.8. The molecule has 2 aromatic carbocycles. The number of benzene rings is 2. The summed E-state index contributed by atoms with van der Waals surface area (Å²) in [6.07, 6.45) is 3.22. The van der Waals surface area contributed by atoms with E-state index < -0.39 is 0 Å². The van der Waals surface area contributed by atoms with Crippen LogP contribution in [-0.2, 0) is 0 Å². The van der Waals surface area contributed by atoms with Crippen LogP contribution < -0.4 is 10.1 Å². The van der Waals surface area contributed by atoms with Crippen molar-refractivity contribution in [3.63, 3.8) is 0 Å². The van der Waals surface area contributed by atoms with Crippen molar-refractivity contribution in [3.8, 4) is 11.5 Å². The van der Waals surface area contributed by atoms with Crippen LogP contribution in [-0.4, -0.2) is 18.8 Å². The standard InChI is InChI=1S/C18H16N2O/c1-3-7-16-14(5-1)18(13-9-11-19-12-10-13)20-15-6-2-4-8-17(15)21-16/h1-9,19H,10-12H2. The monoisotopic (exact) mass is 276 g/mol. The molecule has 3 nitrogen and oxygen atoms in total. The maximum Gasteiger partial charge on any atom is 0.153 e. The molecule has 0 saturated heterocycles. The Hall–Kier alpha value is -2.39. The Kier molecular flexibility index (Phi) is 3.05. The van der Waals surface area contributed by atoms with Gasteiger partial charge in [-0.25, -0.2) is 4.99 Å². The van der Waals surface area contributed by atoms with Gasteiger partial charge in [0.15, 0.2) is 5.75 Å². The van der Waals surface area contributed by atoms with E-state index in [4.69, 9.17) is 9.73 Å². The molecule has 0 radical (unpaired) electrons. The highest BCUT2D eigenvalue weighted by Crippen LogP contribution is 2.38. The second-order valence-corrected chi connectivity index (χ2v) is 5.21. The second kappa shape index (κ2) is 5.19. The van der Waals surface area contributed by atoms with Gasteiger partial charge in [0.25, 0.3) is 0 Å². The lowest BCUT2D eigenvalue weighted by Crippen LogP contribution is -2.23. The number of ether oxygens (including phenoxy) is 1. The maximum atomic E-state index is 6.07. The molecule has 0 fully saturated rings. The number of rotatable bonds is 1. The largest absolute Gasteiger partial charge is 0.454 e. The molecule has 0 aliphatic carbocycles. The lowest BCUT2D eigenvalue weighted by Gasteiger charge is -2.16. The van der Waals surface area contributed by atoms with Crippen LogP contribution in [0.2, 0.25) is 0 Å². The molecule has 2 aliphatic heterocycles. The molecule has 0 amide bonds. The minimum atomic E-state index is 0.814. The summed E-state index contributed by atoms with van der Waals surface area (Å²) in [5, 5.41) is 3.35. The lowest BCUT2D eigenvalue weighted by molar-refractivity contribution is 0.485. The molecule has 0 saturated carbocycles. The Labute approximate surface area is 124 Å². The molecule has 2 aromatic rings. The van der Waals surface area contributed by atoms with Crippen LogP contribution in [0.1, 0.15) is 12.0 Å². The van der Waals surface area contributed by atoms with Crippen LogP contribution in [0.15, 0.2) is 65.2 Å². The van der Waals surface area contributed by atoms with Crippen LogP contribution in [0.3, 0.4) is 0 Å². The molecule has 4 rings (SSSR count). The highest BCUT2D eigenvalue weighted by molar-refractivity contribution is 6.16. The molecule has 0 spiro atoms. The summed E-state index contributed by atoms with van der Waals surface area (Å²) in [5.74, 6) is 1.69. The third-order valence-corrected chi connectivity index (χ3v) is 3.83. The molecule has 1 N–H and O–H groups in total. The van der Waals surface area contributed by atoms with E-state index in [2.05, 4.69) is 17.5 Å². The Bertz CT molecular complexity index is 746. The summed E-state index contributed by atoms with van der Waals surface area (Å²) in [5.41, 5.74) is 4.29. The number of aliphatic imine (C=N–C) groups is 1. The van der Waals surface area contributed by atoms with Gasteiger partial charge in [-0.2, -0.15) is 0 Å². The zero-order valence-corrected chi connectivity index (χ0v) is 11.7. The summed E-state index contributed by atoms with van der Waals surface area (Å²) in [6.45, 7) is 1.90. The smallest absolute Gasteiger partial charge is 0.153 e. The minimum Gasteiger partial charge on any atom is -0.454 e. The zero-order chi connectivity index (χ0) is 14.1. The number of fused-ring (bicyclic) bond motifs is 2. The molecular formula is C18H16N2O. The average Bonchev–Trinajstić information content (AvgIpc) is 2.72. The van der Waals surface area contributed by atoms with E-state index >= 15 is 0 Å². The molecule has 2 heterocycles. The quantitative estimate of drug-likeness (QED) is 0.858. The predicted molar refractivity (Wildman–Crippen MR) is 84.7 cm³/mol. The number of para-hydroxylation sites is 3. The number of nitrogens with zero attached hydrogens (tertiary/aromatic N) is 1. The summed E-state index contributed by atoms with van der Waals surface area (Å²) < 4.78 is 6.07. The first-order chi connectivity index (χ1) is 10.4. The fraction of sp³-hybridized carbons (Fsp3) is 0.167. The van der Waals surface area contributed by atoms with Gasteiger partial charge in [0, 0.05) is 12.1 Å². The third kappa shape index (κ3) is 2.26. The minimum absolute atomic E-state index is 0.814. The van der Waals surface area contributed by atoms with Gasteiger partial charge in [-0.1, -0.05) is 30.3 Å². The summed E-state index contributed by atoms with van der Waals surface area (Å²) in [4.78, 5) is 4.90. The Morgan fingerprint density at radius 1 is 0.952 bits per heavy atom. The van der Waals surface area contributed by atoms with Crippen molar-refractivity contribution in [1.29, 1.82) is 0 Å². The van der Waals surface area contributed by atoms with Gasteiger partial charge in [0.05, 0.1) is 5.71 Å². The van der Waals surface area contributed by atoms with Crippen LogP contribution in [0.4, 0.5) is 5.69 Å². The first kappa shape index (κ1) is 12.4. The van der Waals surface area contributed by atoms with Gasteiger partial charge in [-0.05, 0) is 42.8 Å². The van der Waals surface area contributed by atoms with E-state index in [1.165, 1.54) is 5.57 Å². The fourth-order valence-electron chi connectivity index (χ4n) is 2.77. The number of nitrogens with one attached hydrogen (secondary N) is 1. The van der Waals surface area contributed by atoms with Crippen molar-refractivity contribution in [1.82, 2.24) is 5.32 Å². The molecule has 3 heteroatoms. The van der Waals surface area contributed by atoms with E-state index in [1.54, 1.807) is 0 Å². The highest BCUT2D eigenvalue weighted by atomic mass is 16.5.